The fourth-order valence-electron chi connectivity index (χ4n) is 2.74. The summed E-state index contributed by atoms with van der Waals surface area (Å²) >= 11 is 0. The number of aryl methyl sites for hydroxylation is 1. The summed E-state index contributed by atoms with van der Waals surface area (Å²) < 4.78 is 7.77. The lowest BCUT2D eigenvalue weighted by atomic mass is 10.2. The van der Waals surface area contributed by atoms with Crippen molar-refractivity contribution in [1.82, 2.24) is 9.88 Å². The second kappa shape index (κ2) is 5.33. The van der Waals surface area contributed by atoms with Crippen molar-refractivity contribution in [3.05, 3.63) is 47.3 Å². The summed E-state index contributed by atoms with van der Waals surface area (Å²) in [5, 5.41) is 3.59. The molecule has 3 heteroatoms. The quantitative estimate of drug-likeness (QED) is 0.901. The highest BCUT2D eigenvalue weighted by Crippen LogP contribution is 2.28. The second-order valence-corrected chi connectivity index (χ2v) is 5.56. The Bertz CT molecular complexity index is 611. The van der Waals surface area contributed by atoms with Gasteiger partial charge in [-0.1, -0.05) is 12.1 Å². The zero-order valence-corrected chi connectivity index (χ0v) is 12.4. The van der Waals surface area contributed by atoms with Crippen LogP contribution in [0.5, 0.6) is 5.75 Å². The monoisotopic (exact) mass is 270 g/mol. The van der Waals surface area contributed by atoms with E-state index < -0.39 is 0 Å². The molecule has 0 saturated heterocycles. The predicted octanol–water partition coefficient (Wildman–Crippen LogP) is 3.35. The smallest absolute Gasteiger partial charge is 0.142 e. The van der Waals surface area contributed by atoms with E-state index in [1.807, 2.05) is 12.1 Å². The minimum atomic E-state index is 0.740. The van der Waals surface area contributed by atoms with Crippen molar-refractivity contribution >= 4 is 0 Å². The van der Waals surface area contributed by atoms with Gasteiger partial charge in [0.05, 0.1) is 12.8 Å². The summed E-state index contributed by atoms with van der Waals surface area (Å²) in [7, 11) is 1.72. The molecule has 1 N–H and O–H groups in total. The van der Waals surface area contributed by atoms with Crippen LogP contribution in [0.3, 0.4) is 0 Å². The number of nitrogens with zero attached hydrogens (tertiary/aromatic N) is 1. The molecule has 0 amide bonds. The van der Waals surface area contributed by atoms with Crippen molar-refractivity contribution in [2.45, 2.75) is 39.3 Å². The van der Waals surface area contributed by atoms with Gasteiger partial charge in [-0.25, -0.2) is 0 Å². The van der Waals surface area contributed by atoms with Gasteiger partial charge in [0, 0.05) is 24.0 Å². The number of rotatable bonds is 5. The number of aromatic nitrogens is 1. The fraction of sp³-hybridized carbons (Fsp3) is 0.412. The molecule has 0 atom stereocenters. The molecule has 1 saturated carbocycles. The average Bonchev–Trinajstić information content (AvgIpc) is 3.23. The van der Waals surface area contributed by atoms with Crippen molar-refractivity contribution in [3.63, 3.8) is 0 Å². The summed E-state index contributed by atoms with van der Waals surface area (Å²) in [5.41, 5.74) is 5.03. The van der Waals surface area contributed by atoms with Gasteiger partial charge in [-0.15, -0.1) is 0 Å². The molecule has 2 aromatic rings. The number of hydrogen-bond acceptors (Lipinski definition) is 2. The Labute approximate surface area is 120 Å². The van der Waals surface area contributed by atoms with Crippen molar-refractivity contribution in [3.8, 4) is 11.4 Å². The standard InChI is InChI=1S/C17H22N2O/c1-12-10-14(11-18-15-8-9-15)13(2)19(12)16-6-4-5-7-17(16)20-3/h4-7,10,15,18H,8-9,11H2,1-3H3. The van der Waals surface area contributed by atoms with Gasteiger partial charge >= 0.3 is 0 Å². The number of para-hydroxylation sites is 2. The Balaban J connectivity index is 1.95. The van der Waals surface area contributed by atoms with Gasteiger partial charge < -0.3 is 14.6 Å². The van der Waals surface area contributed by atoms with Crippen LogP contribution >= 0.6 is 0 Å². The first kappa shape index (κ1) is 13.3. The Hall–Kier alpha value is -1.74. The largest absolute Gasteiger partial charge is 0.495 e. The maximum absolute atomic E-state index is 5.49. The van der Waals surface area contributed by atoms with Crippen LogP contribution in [0, 0.1) is 13.8 Å². The van der Waals surface area contributed by atoms with E-state index in [2.05, 4.69) is 41.9 Å². The summed E-state index contributed by atoms with van der Waals surface area (Å²) in [6.07, 6.45) is 2.65. The van der Waals surface area contributed by atoms with Crippen LogP contribution in [-0.2, 0) is 6.54 Å². The van der Waals surface area contributed by atoms with E-state index in [0.29, 0.717) is 0 Å². The van der Waals surface area contributed by atoms with Crippen LogP contribution in [0.2, 0.25) is 0 Å². The zero-order chi connectivity index (χ0) is 14.1. The van der Waals surface area contributed by atoms with Crippen molar-refractivity contribution in [2.24, 2.45) is 0 Å². The number of nitrogens with one attached hydrogen (secondary N) is 1. The first-order valence-electron chi connectivity index (χ1n) is 7.25. The molecular formula is C17H22N2O. The van der Waals surface area contributed by atoms with Crippen molar-refractivity contribution in [1.29, 1.82) is 0 Å². The molecule has 1 fully saturated rings. The number of hydrogen-bond donors (Lipinski definition) is 1. The third-order valence-electron chi connectivity index (χ3n) is 4.02. The van der Waals surface area contributed by atoms with E-state index >= 15 is 0 Å². The molecular weight excluding hydrogens is 248 g/mol. The maximum atomic E-state index is 5.49. The Morgan fingerprint density at radius 1 is 1.25 bits per heavy atom. The molecule has 0 unspecified atom stereocenters. The van der Waals surface area contributed by atoms with Gasteiger partial charge in [-0.2, -0.15) is 0 Å². The van der Waals surface area contributed by atoms with Crippen LogP contribution in [0.25, 0.3) is 5.69 Å². The summed E-state index contributed by atoms with van der Waals surface area (Å²) in [5.74, 6) is 0.913. The lowest BCUT2D eigenvalue weighted by Crippen LogP contribution is -2.15. The number of benzene rings is 1. The minimum Gasteiger partial charge on any atom is -0.495 e. The zero-order valence-electron chi connectivity index (χ0n) is 12.4. The van der Waals surface area contributed by atoms with Gasteiger partial charge in [0.1, 0.15) is 5.75 Å². The van der Waals surface area contributed by atoms with Crippen LogP contribution < -0.4 is 10.1 Å². The Morgan fingerprint density at radius 2 is 2.00 bits per heavy atom. The minimum absolute atomic E-state index is 0.740. The highest BCUT2D eigenvalue weighted by atomic mass is 16.5. The van der Waals surface area contributed by atoms with E-state index in [-0.39, 0.29) is 0 Å². The maximum Gasteiger partial charge on any atom is 0.142 e. The lowest BCUT2D eigenvalue weighted by Gasteiger charge is -2.14. The molecule has 0 spiro atoms. The summed E-state index contributed by atoms with van der Waals surface area (Å²) in [4.78, 5) is 0. The molecule has 0 aliphatic heterocycles. The molecule has 0 radical (unpaired) electrons. The van der Waals surface area contributed by atoms with E-state index in [4.69, 9.17) is 4.74 Å². The van der Waals surface area contributed by atoms with Crippen LogP contribution in [0.1, 0.15) is 29.8 Å². The third kappa shape index (κ3) is 2.46. The van der Waals surface area contributed by atoms with Crippen molar-refractivity contribution in [2.75, 3.05) is 7.11 Å². The van der Waals surface area contributed by atoms with Gasteiger partial charge in [0.15, 0.2) is 0 Å². The topological polar surface area (TPSA) is 26.2 Å². The van der Waals surface area contributed by atoms with E-state index in [0.717, 1.165) is 24.0 Å². The molecule has 106 valence electrons. The molecule has 1 aliphatic rings. The van der Waals surface area contributed by atoms with Gasteiger partial charge in [0.25, 0.3) is 0 Å². The summed E-state index contributed by atoms with van der Waals surface area (Å²) in [6, 6.07) is 11.2. The van der Waals surface area contributed by atoms with Crippen LogP contribution in [0.15, 0.2) is 30.3 Å². The molecule has 1 aromatic carbocycles. The number of methoxy groups -OCH3 is 1. The molecule has 0 bridgehead atoms. The highest BCUT2D eigenvalue weighted by molar-refractivity contribution is 5.50. The molecule has 1 aliphatic carbocycles. The van der Waals surface area contributed by atoms with Gasteiger partial charge in [-0.05, 0) is 50.5 Å². The van der Waals surface area contributed by atoms with Gasteiger partial charge in [0.2, 0.25) is 0 Å². The first-order valence-corrected chi connectivity index (χ1v) is 7.25. The average molecular weight is 270 g/mol. The SMILES string of the molecule is COc1ccccc1-n1c(C)cc(CNC2CC2)c1C. The molecule has 1 heterocycles. The predicted molar refractivity (Wildman–Crippen MR) is 81.7 cm³/mol. The Kier molecular flexibility index (Phi) is 3.53. The van der Waals surface area contributed by atoms with Crippen LogP contribution in [0.4, 0.5) is 0 Å². The second-order valence-electron chi connectivity index (χ2n) is 5.56. The molecule has 1 aromatic heterocycles. The fourth-order valence-corrected chi connectivity index (χ4v) is 2.74. The van der Waals surface area contributed by atoms with E-state index in [9.17, 15) is 0 Å². The normalized spacial score (nSPS) is 14.6. The number of ether oxygens (including phenoxy) is 1. The van der Waals surface area contributed by atoms with E-state index in [1.54, 1.807) is 7.11 Å². The lowest BCUT2D eigenvalue weighted by molar-refractivity contribution is 0.412. The summed E-state index contributed by atoms with van der Waals surface area (Å²) in [6.45, 7) is 5.29. The third-order valence-corrected chi connectivity index (χ3v) is 4.02. The highest BCUT2D eigenvalue weighted by Gasteiger charge is 2.21. The van der Waals surface area contributed by atoms with Crippen LogP contribution in [-0.4, -0.2) is 17.7 Å². The van der Waals surface area contributed by atoms with Crippen molar-refractivity contribution < 1.29 is 4.74 Å². The first-order chi connectivity index (χ1) is 9.70. The molecule has 20 heavy (non-hydrogen) atoms. The molecule has 3 rings (SSSR count). The van der Waals surface area contributed by atoms with Gasteiger partial charge in [-0.3, -0.25) is 0 Å². The molecule has 3 nitrogen and oxygen atoms in total. The Morgan fingerprint density at radius 3 is 2.70 bits per heavy atom. The van der Waals surface area contributed by atoms with E-state index in [1.165, 1.54) is 29.8 Å².